The van der Waals surface area contributed by atoms with Gasteiger partial charge in [0.1, 0.15) is 12.6 Å². The highest BCUT2D eigenvalue weighted by Gasteiger charge is 2.50. The highest BCUT2D eigenvalue weighted by atomic mass is 16.7. The van der Waals surface area contributed by atoms with Gasteiger partial charge in [0.05, 0.1) is 5.54 Å². The largest absolute Gasteiger partial charge is 0.505 e. The van der Waals surface area contributed by atoms with Gasteiger partial charge in [0.15, 0.2) is 0 Å². The Balaban J connectivity index is 2.93. The molecule has 1 atom stereocenters. The van der Waals surface area contributed by atoms with Crippen LogP contribution in [-0.2, 0) is 14.3 Å². The summed E-state index contributed by atoms with van der Waals surface area (Å²) in [5, 5.41) is 8.49. The fraction of sp³-hybridized carbons (Fsp3) is 0.727. The fourth-order valence-corrected chi connectivity index (χ4v) is 1.92. The van der Waals surface area contributed by atoms with Gasteiger partial charge < -0.3 is 14.6 Å². The Hall–Kier alpha value is -1.79. The van der Waals surface area contributed by atoms with Gasteiger partial charge in [-0.05, 0) is 19.8 Å². The van der Waals surface area contributed by atoms with E-state index in [1.165, 1.54) is 4.90 Å². The molecular formula is C11H17NO6. The third-order valence-corrected chi connectivity index (χ3v) is 2.74. The minimum atomic E-state index is -1.43. The van der Waals surface area contributed by atoms with Gasteiger partial charge in [-0.15, -0.1) is 0 Å². The lowest BCUT2D eigenvalue weighted by Crippen LogP contribution is -2.54. The Kier molecular flexibility index (Phi) is 3.83. The average molecular weight is 259 g/mol. The lowest BCUT2D eigenvalue weighted by atomic mass is 9.96. The summed E-state index contributed by atoms with van der Waals surface area (Å²) in [4.78, 5) is 34.9. The molecule has 0 aromatic carbocycles. The zero-order chi connectivity index (χ0) is 14.1. The molecule has 0 unspecified atom stereocenters. The molecule has 0 radical (unpaired) electrons. The molecule has 1 aliphatic heterocycles. The second-order valence-electron chi connectivity index (χ2n) is 5.11. The Morgan fingerprint density at radius 1 is 1.50 bits per heavy atom. The number of ether oxygens (including phenoxy) is 2. The standard InChI is InChI=1S/C11H17NO6/c1-6(2)7-8(13)18-9(14)12(7)11(3,4)5-17-10(15)16/h6-7H,5H2,1-4H3,(H,15,16)/t7-/m0/s1. The van der Waals surface area contributed by atoms with Crippen LogP contribution in [0.25, 0.3) is 0 Å². The van der Waals surface area contributed by atoms with E-state index in [0.29, 0.717) is 0 Å². The van der Waals surface area contributed by atoms with Gasteiger partial charge in [-0.2, -0.15) is 0 Å². The molecule has 102 valence electrons. The minimum Gasteiger partial charge on any atom is -0.450 e. The number of carbonyl (C=O) groups is 3. The van der Waals surface area contributed by atoms with Gasteiger partial charge in [0.25, 0.3) is 0 Å². The summed E-state index contributed by atoms with van der Waals surface area (Å²) in [5.74, 6) is -0.744. The van der Waals surface area contributed by atoms with Gasteiger partial charge in [-0.3, -0.25) is 4.90 Å². The van der Waals surface area contributed by atoms with E-state index >= 15 is 0 Å². The maximum atomic E-state index is 11.7. The first-order valence-corrected chi connectivity index (χ1v) is 5.57. The molecule has 0 aromatic rings. The molecule has 1 amide bonds. The molecule has 1 heterocycles. The lowest BCUT2D eigenvalue weighted by Gasteiger charge is -2.36. The van der Waals surface area contributed by atoms with Gasteiger partial charge in [0.2, 0.25) is 0 Å². The molecule has 1 saturated heterocycles. The van der Waals surface area contributed by atoms with Gasteiger partial charge in [-0.25, -0.2) is 14.4 Å². The van der Waals surface area contributed by atoms with Gasteiger partial charge in [-0.1, -0.05) is 13.8 Å². The maximum absolute atomic E-state index is 11.7. The lowest BCUT2D eigenvalue weighted by molar-refractivity contribution is -0.137. The van der Waals surface area contributed by atoms with E-state index in [1.807, 2.05) is 0 Å². The average Bonchev–Trinajstić information content (AvgIpc) is 2.51. The maximum Gasteiger partial charge on any atom is 0.505 e. The Morgan fingerprint density at radius 3 is 2.50 bits per heavy atom. The van der Waals surface area contributed by atoms with Crippen LogP contribution in [-0.4, -0.2) is 46.4 Å². The molecule has 1 fully saturated rings. The molecule has 0 saturated carbocycles. The molecule has 1 rings (SSSR count). The highest BCUT2D eigenvalue weighted by molar-refractivity contribution is 5.96. The normalized spacial score (nSPS) is 20.3. The van der Waals surface area contributed by atoms with Crippen molar-refractivity contribution < 1.29 is 29.0 Å². The summed E-state index contributed by atoms with van der Waals surface area (Å²) >= 11 is 0. The molecule has 7 heteroatoms. The number of cyclic esters (lactones) is 2. The summed E-state index contributed by atoms with van der Waals surface area (Å²) in [5.41, 5.74) is -0.948. The van der Waals surface area contributed by atoms with Crippen molar-refractivity contribution in [3.8, 4) is 0 Å². The van der Waals surface area contributed by atoms with E-state index in [0.717, 1.165) is 0 Å². The van der Waals surface area contributed by atoms with Crippen molar-refractivity contribution in [1.82, 2.24) is 4.90 Å². The third-order valence-electron chi connectivity index (χ3n) is 2.74. The van der Waals surface area contributed by atoms with E-state index in [9.17, 15) is 14.4 Å². The van der Waals surface area contributed by atoms with Gasteiger partial charge in [0, 0.05) is 0 Å². The first-order valence-electron chi connectivity index (χ1n) is 5.57. The first-order chi connectivity index (χ1) is 8.16. The zero-order valence-corrected chi connectivity index (χ0v) is 10.8. The van der Waals surface area contributed by atoms with Gasteiger partial charge >= 0.3 is 18.2 Å². The van der Waals surface area contributed by atoms with Crippen LogP contribution in [0.1, 0.15) is 27.7 Å². The molecule has 7 nitrogen and oxygen atoms in total. The predicted molar refractivity (Wildman–Crippen MR) is 60.0 cm³/mol. The summed E-state index contributed by atoms with van der Waals surface area (Å²) in [7, 11) is 0. The predicted octanol–water partition coefficient (Wildman–Crippen LogP) is 1.46. The van der Waals surface area contributed by atoms with Crippen LogP contribution in [0.4, 0.5) is 9.59 Å². The number of amides is 1. The van der Waals surface area contributed by atoms with Crippen LogP contribution in [0.5, 0.6) is 0 Å². The summed E-state index contributed by atoms with van der Waals surface area (Å²) in [6, 6.07) is -0.718. The topological polar surface area (TPSA) is 93.1 Å². The quantitative estimate of drug-likeness (QED) is 0.607. The highest BCUT2D eigenvalue weighted by Crippen LogP contribution is 2.29. The zero-order valence-electron chi connectivity index (χ0n) is 10.8. The molecule has 0 aliphatic carbocycles. The van der Waals surface area contributed by atoms with E-state index in [4.69, 9.17) is 5.11 Å². The Morgan fingerprint density at radius 2 is 2.06 bits per heavy atom. The van der Waals surface area contributed by atoms with E-state index in [1.54, 1.807) is 27.7 Å². The monoisotopic (exact) mass is 259 g/mol. The molecular weight excluding hydrogens is 242 g/mol. The van der Waals surface area contributed by atoms with Crippen molar-refractivity contribution in [2.24, 2.45) is 5.92 Å². The smallest absolute Gasteiger partial charge is 0.450 e. The first kappa shape index (κ1) is 14.3. The Labute approximate surface area is 105 Å². The van der Waals surface area contributed by atoms with Crippen molar-refractivity contribution in [2.75, 3.05) is 6.61 Å². The van der Waals surface area contributed by atoms with Crippen molar-refractivity contribution in [3.05, 3.63) is 0 Å². The molecule has 0 spiro atoms. The molecule has 0 bridgehead atoms. The fourth-order valence-electron chi connectivity index (χ4n) is 1.92. The SMILES string of the molecule is CC(C)[C@H]1C(=O)OC(=O)N1C(C)(C)COC(=O)O. The van der Waals surface area contributed by atoms with Crippen molar-refractivity contribution in [2.45, 2.75) is 39.3 Å². The second kappa shape index (κ2) is 4.83. The molecule has 1 aliphatic rings. The van der Waals surface area contributed by atoms with Crippen molar-refractivity contribution in [3.63, 3.8) is 0 Å². The second-order valence-corrected chi connectivity index (χ2v) is 5.11. The van der Waals surface area contributed by atoms with Crippen molar-refractivity contribution in [1.29, 1.82) is 0 Å². The molecule has 1 N–H and O–H groups in total. The number of carboxylic acid groups (broad SMARTS) is 1. The van der Waals surface area contributed by atoms with Crippen LogP contribution in [0.2, 0.25) is 0 Å². The summed E-state index contributed by atoms with van der Waals surface area (Å²) in [6.07, 6.45) is -2.19. The van der Waals surface area contributed by atoms with Crippen LogP contribution in [0, 0.1) is 5.92 Å². The van der Waals surface area contributed by atoms with Crippen molar-refractivity contribution >= 4 is 18.2 Å². The molecule has 18 heavy (non-hydrogen) atoms. The molecule has 0 aromatic heterocycles. The number of hydrogen-bond acceptors (Lipinski definition) is 5. The third kappa shape index (κ3) is 2.72. The number of nitrogens with zero attached hydrogens (tertiary/aromatic N) is 1. The number of rotatable bonds is 4. The minimum absolute atomic E-state index is 0.131. The van der Waals surface area contributed by atoms with E-state index < -0.39 is 29.8 Å². The summed E-state index contributed by atoms with van der Waals surface area (Å²) in [6.45, 7) is 6.57. The van der Waals surface area contributed by atoms with E-state index in [-0.39, 0.29) is 12.5 Å². The van der Waals surface area contributed by atoms with Crippen LogP contribution < -0.4 is 0 Å². The number of esters is 1. The summed E-state index contributed by atoms with van der Waals surface area (Å²) < 4.78 is 9.07. The van der Waals surface area contributed by atoms with E-state index in [2.05, 4.69) is 9.47 Å². The van der Waals surface area contributed by atoms with Crippen LogP contribution >= 0.6 is 0 Å². The van der Waals surface area contributed by atoms with Crippen LogP contribution in [0.3, 0.4) is 0 Å². The number of carbonyl (C=O) groups excluding carboxylic acids is 2. The number of hydrogen-bond donors (Lipinski definition) is 1. The van der Waals surface area contributed by atoms with Crippen LogP contribution in [0.15, 0.2) is 0 Å². The Bertz CT molecular complexity index is 376.